The quantitative estimate of drug-likeness (QED) is 0.413. The molecule has 8 heteroatoms. The van der Waals surface area contributed by atoms with Gasteiger partial charge in [0, 0.05) is 24.0 Å². The lowest BCUT2D eigenvalue weighted by molar-refractivity contribution is 0.0734. The summed E-state index contributed by atoms with van der Waals surface area (Å²) in [5.41, 5.74) is 3.31. The van der Waals surface area contributed by atoms with Crippen molar-refractivity contribution in [1.82, 2.24) is 10.2 Å². The average Bonchev–Trinajstić information content (AvgIpc) is 3.22. The van der Waals surface area contributed by atoms with E-state index in [0.29, 0.717) is 23.1 Å². The zero-order chi connectivity index (χ0) is 23.8. The first-order valence-corrected chi connectivity index (χ1v) is 12.2. The molecule has 5 rings (SSSR count). The monoisotopic (exact) mass is 477 g/mol. The Morgan fingerprint density at radius 3 is 2.44 bits per heavy atom. The zero-order valence-electron chi connectivity index (χ0n) is 19.4. The van der Waals surface area contributed by atoms with Gasteiger partial charge in [-0.15, -0.1) is 11.3 Å². The Morgan fingerprint density at radius 1 is 1.06 bits per heavy atom. The fraction of sp³-hybridized carbons (Fsp3) is 0.308. The van der Waals surface area contributed by atoms with E-state index in [1.54, 1.807) is 54.8 Å². The van der Waals surface area contributed by atoms with Crippen LogP contribution in [-0.2, 0) is 13.0 Å². The molecule has 2 aliphatic rings. The van der Waals surface area contributed by atoms with E-state index in [1.807, 2.05) is 12.1 Å². The summed E-state index contributed by atoms with van der Waals surface area (Å²) in [6.07, 6.45) is 0.556. The van der Waals surface area contributed by atoms with Gasteiger partial charge in [0.1, 0.15) is 22.7 Å². The molecule has 0 saturated heterocycles. The van der Waals surface area contributed by atoms with E-state index in [-0.39, 0.29) is 12.1 Å². The number of rotatable bonds is 5. The van der Waals surface area contributed by atoms with Crippen LogP contribution in [0.1, 0.15) is 56.7 Å². The van der Waals surface area contributed by atoms with Gasteiger partial charge in [-0.25, -0.2) is 4.79 Å². The van der Waals surface area contributed by atoms with Crippen LogP contribution in [-0.4, -0.2) is 36.5 Å². The molecule has 0 aliphatic carbocycles. The van der Waals surface area contributed by atoms with Gasteiger partial charge in [-0.05, 0) is 67.8 Å². The second-order valence-electron chi connectivity index (χ2n) is 8.76. The predicted octanol–water partition coefficient (Wildman–Crippen LogP) is 4.60. The minimum Gasteiger partial charge on any atom is -0.497 e. The molecule has 1 atom stereocenters. The van der Waals surface area contributed by atoms with Gasteiger partial charge in [0.25, 0.3) is 5.91 Å². The smallest absolute Gasteiger partial charge is 0.343 e. The number of ether oxygens (including phenoxy) is 2. The lowest BCUT2D eigenvalue weighted by Gasteiger charge is -2.31. The van der Waals surface area contributed by atoms with Crippen LogP contribution in [0.5, 0.6) is 11.5 Å². The maximum atomic E-state index is 13.0. The van der Waals surface area contributed by atoms with E-state index in [9.17, 15) is 9.59 Å². The van der Waals surface area contributed by atoms with Crippen LogP contribution in [0, 0.1) is 0 Å². The van der Waals surface area contributed by atoms with Crippen LogP contribution in [0.3, 0.4) is 0 Å². The second kappa shape index (κ2) is 9.12. The van der Waals surface area contributed by atoms with Crippen LogP contribution in [0.4, 0.5) is 5.00 Å². The largest absolute Gasteiger partial charge is 0.497 e. The molecule has 176 valence electrons. The minimum atomic E-state index is -0.441. The van der Waals surface area contributed by atoms with Crippen molar-refractivity contribution < 1.29 is 19.1 Å². The third kappa shape index (κ3) is 4.26. The van der Waals surface area contributed by atoms with Crippen molar-refractivity contribution >= 4 is 28.2 Å². The molecular formula is C26H27N3O4S. The zero-order valence-corrected chi connectivity index (χ0v) is 20.2. The number of nitrogens with zero attached hydrogens (tertiary/aromatic N) is 1. The number of thiophene rings is 1. The average molecular weight is 478 g/mol. The summed E-state index contributed by atoms with van der Waals surface area (Å²) in [7, 11) is 1.58. The number of methoxy groups -OCH3 is 1. The number of fused-ring (bicyclic) bond motifs is 3. The molecule has 1 aromatic heterocycles. The van der Waals surface area contributed by atoms with Crippen LogP contribution >= 0.6 is 11.3 Å². The number of hydrogen-bond donors (Lipinski definition) is 2. The Morgan fingerprint density at radius 2 is 1.76 bits per heavy atom. The molecule has 1 amide bonds. The normalized spacial score (nSPS) is 17.4. The van der Waals surface area contributed by atoms with E-state index in [1.165, 1.54) is 10.4 Å². The molecule has 3 aromatic rings. The molecular weight excluding hydrogens is 450 g/mol. The Balaban J connectivity index is 1.28. The molecule has 7 nitrogen and oxygen atoms in total. The summed E-state index contributed by atoms with van der Waals surface area (Å²) in [6.45, 7) is 6.27. The summed E-state index contributed by atoms with van der Waals surface area (Å²) in [4.78, 5) is 29.1. The third-order valence-corrected chi connectivity index (χ3v) is 7.49. The maximum absolute atomic E-state index is 13.0. The Bertz CT molecular complexity index is 1220. The number of amides is 1. The number of carbonyl (C=O) groups excluding carboxylic acids is 2. The highest BCUT2D eigenvalue weighted by Crippen LogP contribution is 2.41. The van der Waals surface area contributed by atoms with E-state index < -0.39 is 5.97 Å². The summed E-state index contributed by atoms with van der Waals surface area (Å²) in [5, 5.41) is 7.50. The summed E-state index contributed by atoms with van der Waals surface area (Å²) < 4.78 is 10.6. The standard InChI is InChI=1S/C26H27N3O4S/c1-15(2)29-13-12-20-21(14-29)34-25-22(20)24(30)27-23(28-25)16-4-10-19(11-5-16)33-26(31)17-6-8-18(32-3)9-7-17/h4-11,15,23,28H,12-14H2,1-3H3,(H,27,30). The fourth-order valence-corrected chi connectivity index (χ4v) is 5.66. The van der Waals surface area contributed by atoms with Crippen molar-refractivity contribution in [3.8, 4) is 11.5 Å². The van der Waals surface area contributed by atoms with Crippen molar-refractivity contribution in [2.75, 3.05) is 19.0 Å². The van der Waals surface area contributed by atoms with Crippen LogP contribution in [0.2, 0.25) is 0 Å². The first kappa shape index (κ1) is 22.4. The number of carbonyl (C=O) groups is 2. The molecule has 2 aromatic carbocycles. The van der Waals surface area contributed by atoms with Gasteiger partial charge < -0.3 is 20.1 Å². The van der Waals surface area contributed by atoms with E-state index in [0.717, 1.165) is 35.6 Å². The summed E-state index contributed by atoms with van der Waals surface area (Å²) >= 11 is 1.68. The highest BCUT2D eigenvalue weighted by molar-refractivity contribution is 7.16. The predicted molar refractivity (Wildman–Crippen MR) is 132 cm³/mol. The summed E-state index contributed by atoms with van der Waals surface area (Å²) in [5.74, 6) is 0.635. The Kier molecular flexibility index (Phi) is 6.02. The van der Waals surface area contributed by atoms with Crippen LogP contribution in [0.15, 0.2) is 48.5 Å². The third-order valence-electron chi connectivity index (χ3n) is 6.34. The van der Waals surface area contributed by atoms with Crippen LogP contribution in [0.25, 0.3) is 0 Å². The lowest BCUT2D eigenvalue weighted by atomic mass is 9.99. The molecule has 2 aliphatic heterocycles. The van der Waals surface area contributed by atoms with E-state index in [4.69, 9.17) is 9.47 Å². The molecule has 0 fully saturated rings. The number of esters is 1. The van der Waals surface area contributed by atoms with Crippen molar-refractivity contribution in [2.24, 2.45) is 0 Å². The molecule has 0 saturated carbocycles. The first-order valence-electron chi connectivity index (χ1n) is 11.3. The summed E-state index contributed by atoms with van der Waals surface area (Å²) in [6, 6.07) is 14.4. The highest BCUT2D eigenvalue weighted by Gasteiger charge is 2.33. The van der Waals surface area contributed by atoms with Gasteiger partial charge in [0.2, 0.25) is 0 Å². The molecule has 1 unspecified atom stereocenters. The first-order chi connectivity index (χ1) is 16.4. The Labute approximate surface area is 202 Å². The topological polar surface area (TPSA) is 79.9 Å². The Hall–Kier alpha value is -3.36. The van der Waals surface area contributed by atoms with Gasteiger partial charge >= 0.3 is 5.97 Å². The highest BCUT2D eigenvalue weighted by atomic mass is 32.1. The molecule has 2 N–H and O–H groups in total. The van der Waals surface area contributed by atoms with Crippen molar-refractivity contribution in [1.29, 1.82) is 0 Å². The fourth-order valence-electron chi connectivity index (χ4n) is 4.36. The van der Waals surface area contributed by atoms with E-state index in [2.05, 4.69) is 29.4 Å². The molecule has 3 heterocycles. The molecule has 0 spiro atoms. The molecule has 0 radical (unpaired) electrons. The van der Waals surface area contributed by atoms with Gasteiger partial charge in [-0.3, -0.25) is 9.69 Å². The molecule has 34 heavy (non-hydrogen) atoms. The van der Waals surface area contributed by atoms with Gasteiger partial charge in [0.15, 0.2) is 0 Å². The number of anilines is 1. The molecule has 0 bridgehead atoms. The van der Waals surface area contributed by atoms with Crippen LogP contribution < -0.4 is 20.1 Å². The number of nitrogens with one attached hydrogen (secondary N) is 2. The van der Waals surface area contributed by atoms with Crippen molar-refractivity contribution in [2.45, 2.75) is 39.0 Å². The number of benzene rings is 2. The SMILES string of the molecule is COc1ccc(C(=O)Oc2ccc(C3NC(=O)c4c(sc5c4CCN(C(C)C)C5)N3)cc2)cc1. The van der Waals surface area contributed by atoms with Crippen molar-refractivity contribution in [3.05, 3.63) is 75.7 Å². The number of hydrogen-bond acceptors (Lipinski definition) is 7. The maximum Gasteiger partial charge on any atom is 0.343 e. The minimum absolute atomic E-state index is 0.0377. The second-order valence-corrected chi connectivity index (χ2v) is 9.87. The van der Waals surface area contributed by atoms with Gasteiger partial charge in [0.05, 0.1) is 18.2 Å². The lowest BCUT2D eigenvalue weighted by Crippen LogP contribution is -2.39. The van der Waals surface area contributed by atoms with Crippen molar-refractivity contribution in [3.63, 3.8) is 0 Å². The van der Waals surface area contributed by atoms with E-state index >= 15 is 0 Å². The van der Waals surface area contributed by atoms with Gasteiger partial charge in [-0.2, -0.15) is 0 Å². The van der Waals surface area contributed by atoms with Gasteiger partial charge in [-0.1, -0.05) is 12.1 Å².